The largest absolute Gasteiger partial charge is 0.504 e. The smallest absolute Gasteiger partial charge is 0.160 e. The van der Waals surface area contributed by atoms with Gasteiger partial charge in [-0.05, 0) is 30.9 Å². The molecule has 0 aliphatic rings. The van der Waals surface area contributed by atoms with Gasteiger partial charge < -0.3 is 10.2 Å². The van der Waals surface area contributed by atoms with E-state index >= 15 is 0 Å². The first kappa shape index (κ1) is 12.4. The third-order valence-corrected chi connectivity index (χ3v) is 2.99. The fourth-order valence-electron chi connectivity index (χ4n) is 1.54. The molecule has 0 bridgehead atoms. The molecule has 0 saturated carbocycles. The van der Waals surface area contributed by atoms with Crippen molar-refractivity contribution in [3.8, 4) is 11.5 Å². The number of alkyl halides is 1. The van der Waals surface area contributed by atoms with Crippen LogP contribution in [0.1, 0.15) is 31.2 Å². The third-order valence-electron chi connectivity index (χ3n) is 2.43. The maximum Gasteiger partial charge on any atom is 0.160 e. The number of phenols is 2. The molecule has 0 aliphatic carbocycles. The fourth-order valence-corrected chi connectivity index (χ4v) is 1.94. The van der Waals surface area contributed by atoms with Gasteiger partial charge in [-0.15, -0.1) is 0 Å². The van der Waals surface area contributed by atoms with E-state index < -0.39 is 0 Å². The van der Waals surface area contributed by atoms with Gasteiger partial charge in [0.15, 0.2) is 11.5 Å². The first-order chi connectivity index (χ1) is 7.25. The monoisotopic (exact) mass is 272 g/mol. The van der Waals surface area contributed by atoms with Crippen LogP contribution in [0.3, 0.4) is 0 Å². The highest BCUT2D eigenvalue weighted by atomic mass is 79.9. The highest BCUT2D eigenvalue weighted by molar-refractivity contribution is 9.09. The molecule has 1 aromatic carbocycles. The fraction of sp³-hybridized carbons (Fsp3) is 0.500. The SMILES string of the molecule is Oc1cccc(CCCCCCBr)c1O. The predicted molar refractivity (Wildman–Crippen MR) is 65.7 cm³/mol. The van der Waals surface area contributed by atoms with Gasteiger partial charge in [0.25, 0.3) is 0 Å². The van der Waals surface area contributed by atoms with E-state index in [-0.39, 0.29) is 11.5 Å². The van der Waals surface area contributed by atoms with Crippen molar-refractivity contribution in [1.29, 1.82) is 0 Å². The van der Waals surface area contributed by atoms with Gasteiger partial charge in [0.1, 0.15) is 0 Å². The second kappa shape index (κ2) is 6.72. The maximum atomic E-state index is 9.54. The van der Waals surface area contributed by atoms with Crippen molar-refractivity contribution in [1.82, 2.24) is 0 Å². The Morgan fingerprint density at radius 2 is 1.73 bits per heavy atom. The normalized spacial score (nSPS) is 10.5. The van der Waals surface area contributed by atoms with Gasteiger partial charge in [-0.3, -0.25) is 0 Å². The zero-order chi connectivity index (χ0) is 11.1. The molecular weight excluding hydrogens is 256 g/mol. The van der Waals surface area contributed by atoms with Gasteiger partial charge in [0.05, 0.1) is 0 Å². The van der Waals surface area contributed by atoms with Crippen molar-refractivity contribution >= 4 is 15.9 Å². The Kier molecular flexibility index (Phi) is 5.54. The molecule has 0 heterocycles. The van der Waals surface area contributed by atoms with Crippen LogP contribution in [-0.4, -0.2) is 15.5 Å². The van der Waals surface area contributed by atoms with Crippen molar-refractivity contribution in [3.05, 3.63) is 23.8 Å². The average molecular weight is 273 g/mol. The summed E-state index contributed by atoms with van der Waals surface area (Å²) in [5, 5.41) is 19.9. The standard InChI is InChI=1S/C12H17BrO2/c13-9-4-2-1-3-6-10-7-5-8-11(14)12(10)15/h5,7-8,14-15H,1-4,6,9H2. The average Bonchev–Trinajstić information content (AvgIpc) is 2.24. The Balaban J connectivity index is 2.34. The van der Waals surface area contributed by atoms with E-state index in [4.69, 9.17) is 0 Å². The lowest BCUT2D eigenvalue weighted by Gasteiger charge is -2.05. The number of hydrogen-bond acceptors (Lipinski definition) is 2. The van der Waals surface area contributed by atoms with Crippen LogP contribution in [0.25, 0.3) is 0 Å². The summed E-state index contributed by atoms with van der Waals surface area (Å²) < 4.78 is 0. The number of unbranched alkanes of at least 4 members (excludes halogenated alkanes) is 3. The van der Waals surface area contributed by atoms with Crippen LogP contribution in [0.5, 0.6) is 11.5 Å². The lowest BCUT2D eigenvalue weighted by molar-refractivity contribution is 0.398. The van der Waals surface area contributed by atoms with Crippen molar-refractivity contribution in [2.24, 2.45) is 0 Å². The minimum absolute atomic E-state index is 0.0204. The number of aryl methyl sites for hydroxylation is 1. The second-order valence-electron chi connectivity index (χ2n) is 3.64. The summed E-state index contributed by atoms with van der Waals surface area (Å²) >= 11 is 3.39. The number of rotatable bonds is 6. The molecule has 2 nitrogen and oxygen atoms in total. The molecule has 0 amide bonds. The molecule has 0 atom stereocenters. The number of phenolic OH excluding ortho intramolecular Hbond substituents is 2. The van der Waals surface area contributed by atoms with E-state index in [9.17, 15) is 10.2 Å². The predicted octanol–water partition coefficient (Wildman–Crippen LogP) is 3.60. The summed E-state index contributed by atoms with van der Waals surface area (Å²) in [6.45, 7) is 0. The lowest BCUT2D eigenvalue weighted by Crippen LogP contribution is -1.87. The van der Waals surface area contributed by atoms with Gasteiger partial charge in [-0.25, -0.2) is 0 Å². The highest BCUT2D eigenvalue weighted by Gasteiger charge is 2.04. The molecule has 0 unspecified atom stereocenters. The van der Waals surface area contributed by atoms with Gasteiger partial charge in [-0.1, -0.05) is 40.9 Å². The minimum atomic E-state index is -0.0204. The summed E-state index contributed by atoms with van der Waals surface area (Å²) in [7, 11) is 0. The Morgan fingerprint density at radius 1 is 1.00 bits per heavy atom. The Hall–Kier alpha value is -0.700. The van der Waals surface area contributed by atoms with E-state index in [0.717, 1.165) is 23.7 Å². The van der Waals surface area contributed by atoms with Crippen LogP contribution in [-0.2, 0) is 6.42 Å². The van der Waals surface area contributed by atoms with Gasteiger partial charge >= 0.3 is 0 Å². The molecule has 0 aromatic heterocycles. The summed E-state index contributed by atoms with van der Waals surface area (Å²) in [6.07, 6.45) is 5.48. The van der Waals surface area contributed by atoms with Crippen LogP contribution in [0.15, 0.2) is 18.2 Å². The van der Waals surface area contributed by atoms with Crippen LogP contribution in [0, 0.1) is 0 Å². The van der Waals surface area contributed by atoms with Gasteiger partial charge in [0, 0.05) is 5.33 Å². The molecule has 1 aromatic rings. The Bertz CT molecular complexity index is 300. The van der Waals surface area contributed by atoms with Crippen molar-refractivity contribution in [2.75, 3.05) is 5.33 Å². The van der Waals surface area contributed by atoms with Crippen LogP contribution in [0.2, 0.25) is 0 Å². The summed E-state index contributed by atoms with van der Waals surface area (Å²) in [5.41, 5.74) is 0.842. The molecule has 0 fully saturated rings. The molecule has 15 heavy (non-hydrogen) atoms. The first-order valence-corrected chi connectivity index (χ1v) is 6.43. The zero-order valence-corrected chi connectivity index (χ0v) is 10.3. The van der Waals surface area contributed by atoms with Crippen LogP contribution in [0.4, 0.5) is 0 Å². The Labute approximate surface area is 99.1 Å². The maximum absolute atomic E-state index is 9.54. The van der Waals surface area contributed by atoms with Crippen LogP contribution >= 0.6 is 15.9 Å². The van der Waals surface area contributed by atoms with Crippen molar-refractivity contribution in [3.63, 3.8) is 0 Å². The zero-order valence-electron chi connectivity index (χ0n) is 8.75. The molecular formula is C12H17BrO2. The number of hydrogen-bond donors (Lipinski definition) is 2. The molecule has 2 N–H and O–H groups in total. The topological polar surface area (TPSA) is 40.5 Å². The molecule has 0 radical (unpaired) electrons. The summed E-state index contributed by atoms with van der Waals surface area (Å²) in [5.74, 6) is 0.0194. The van der Waals surface area contributed by atoms with Gasteiger partial charge in [-0.2, -0.15) is 0 Å². The molecule has 0 spiro atoms. The first-order valence-electron chi connectivity index (χ1n) is 5.31. The summed E-state index contributed by atoms with van der Waals surface area (Å²) in [4.78, 5) is 0. The molecule has 0 saturated heterocycles. The number of benzene rings is 1. The quantitative estimate of drug-likeness (QED) is 0.472. The summed E-state index contributed by atoms with van der Waals surface area (Å²) in [6, 6.07) is 5.13. The van der Waals surface area contributed by atoms with Crippen molar-refractivity contribution in [2.45, 2.75) is 32.1 Å². The molecule has 0 aliphatic heterocycles. The van der Waals surface area contributed by atoms with E-state index in [0.29, 0.717) is 0 Å². The minimum Gasteiger partial charge on any atom is -0.504 e. The molecule has 84 valence electrons. The second-order valence-corrected chi connectivity index (χ2v) is 4.43. The Morgan fingerprint density at radius 3 is 2.47 bits per heavy atom. The third kappa shape index (κ3) is 4.12. The van der Waals surface area contributed by atoms with E-state index in [1.54, 1.807) is 6.07 Å². The molecule has 1 rings (SSSR count). The number of halogens is 1. The van der Waals surface area contributed by atoms with Crippen LogP contribution < -0.4 is 0 Å². The van der Waals surface area contributed by atoms with E-state index in [2.05, 4.69) is 15.9 Å². The lowest BCUT2D eigenvalue weighted by atomic mass is 10.1. The number of aromatic hydroxyl groups is 2. The van der Waals surface area contributed by atoms with E-state index in [1.807, 2.05) is 6.07 Å². The molecule has 3 heteroatoms. The highest BCUT2D eigenvalue weighted by Crippen LogP contribution is 2.29. The van der Waals surface area contributed by atoms with Crippen molar-refractivity contribution < 1.29 is 10.2 Å². The van der Waals surface area contributed by atoms with E-state index in [1.165, 1.54) is 25.3 Å². The van der Waals surface area contributed by atoms with Gasteiger partial charge in [0.2, 0.25) is 0 Å². The number of para-hydroxylation sites is 1.